The second-order valence-corrected chi connectivity index (χ2v) is 7.86. The lowest BCUT2D eigenvalue weighted by atomic mass is 9.96. The van der Waals surface area contributed by atoms with Crippen molar-refractivity contribution in [1.82, 2.24) is 14.9 Å². The molecule has 1 aliphatic heterocycles. The standard InChI is InChI=1S/C17H27N3O3S/c1-2-18-14-15-9-12-20(13-10-15)17(21)8-11-19-24(22,23)16-6-4-3-5-7-16/h3-7,15,18-19H,2,8-14H2,1H3. The monoisotopic (exact) mass is 353 g/mol. The largest absolute Gasteiger partial charge is 0.343 e. The number of sulfonamides is 1. The number of likely N-dealkylation sites (tertiary alicyclic amines) is 1. The molecule has 2 N–H and O–H groups in total. The SMILES string of the molecule is CCNCC1CCN(C(=O)CCNS(=O)(=O)c2ccccc2)CC1. The number of piperidine rings is 1. The summed E-state index contributed by atoms with van der Waals surface area (Å²) in [6.07, 6.45) is 2.22. The van der Waals surface area contributed by atoms with Gasteiger partial charge in [0.15, 0.2) is 0 Å². The first kappa shape index (κ1) is 18.9. The minimum atomic E-state index is -3.53. The molecular weight excluding hydrogens is 326 g/mol. The van der Waals surface area contributed by atoms with Gasteiger partial charge in [-0.1, -0.05) is 25.1 Å². The highest BCUT2D eigenvalue weighted by Crippen LogP contribution is 2.17. The van der Waals surface area contributed by atoms with Crippen LogP contribution in [0.5, 0.6) is 0 Å². The van der Waals surface area contributed by atoms with Crippen molar-refractivity contribution >= 4 is 15.9 Å². The van der Waals surface area contributed by atoms with Gasteiger partial charge in [-0.15, -0.1) is 0 Å². The number of nitrogens with one attached hydrogen (secondary N) is 2. The summed E-state index contributed by atoms with van der Waals surface area (Å²) in [4.78, 5) is 14.3. The fourth-order valence-corrected chi connectivity index (χ4v) is 3.92. The summed E-state index contributed by atoms with van der Waals surface area (Å²) in [7, 11) is -3.53. The molecule has 2 rings (SSSR count). The Bertz CT molecular complexity index is 611. The zero-order valence-electron chi connectivity index (χ0n) is 14.2. The third kappa shape index (κ3) is 5.58. The number of hydrogen-bond acceptors (Lipinski definition) is 4. The number of rotatable bonds is 8. The van der Waals surface area contributed by atoms with Crippen LogP contribution in [0.3, 0.4) is 0 Å². The van der Waals surface area contributed by atoms with Gasteiger partial charge in [-0.05, 0) is 44.0 Å². The first-order chi connectivity index (χ1) is 11.5. The van der Waals surface area contributed by atoms with Gasteiger partial charge in [-0.25, -0.2) is 13.1 Å². The average molecular weight is 353 g/mol. The van der Waals surface area contributed by atoms with Gasteiger partial charge in [0, 0.05) is 26.1 Å². The Morgan fingerprint density at radius 2 is 1.88 bits per heavy atom. The van der Waals surface area contributed by atoms with Crippen LogP contribution in [-0.4, -0.2) is 51.9 Å². The molecule has 1 aromatic rings. The van der Waals surface area contributed by atoms with E-state index >= 15 is 0 Å². The molecule has 134 valence electrons. The van der Waals surface area contributed by atoms with Crippen LogP contribution in [0, 0.1) is 5.92 Å². The maximum atomic E-state index is 12.2. The normalized spacial score (nSPS) is 16.3. The van der Waals surface area contributed by atoms with E-state index in [1.54, 1.807) is 30.3 Å². The summed E-state index contributed by atoms with van der Waals surface area (Å²) in [6, 6.07) is 8.20. The van der Waals surface area contributed by atoms with Gasteiger partial charge in [0.25, 0.3) is 0 Å². The lowest BCUT2D eigenvalue weighted by Crippen LogP contribution is -2.41. The zero-order chi connectivity index (χ0) is 17.4. The Labute approximate surface area is 144 Å². The van der Waals surface area contributed by atoms with Crippen LogP contribution >= 0.6 is 0 Å². The molecule has 1 fully saturated rings. The van der Waals surface area contributed by atoms with E-state index in [-0.39, 0.29) is 23.8 Å². The van der Waals surface area contributed by atoms with E-state index in [1.165, 1.54) is 0 Å². The van der Waals surface area contributed by atoms with Crippen LogP contribution < -0.4 is 10.0 Å². The predicted molar refractivity (Wildman–Crippen MR) is 94.1 cm³/mol. The van der Waals surface area contributed by atoms with Gasteiger partial charge in [-0.3, -0.25) is 4.79 Å². The summed E-state index contributed by atoms with van der Waals surface area (Å²) >= 11 is 0. The zero-order valence-corrected chi connectivity index (χ0v) is 15.0. The van der Waals surface area contributed by atoms with Crippen LogP contribution in [0.15, 0.2) is 35.2 Å². The molecular formula is C17H27N3O3S. The Balaban J connectivity index is 1.72. The quantitative estimate of drug-likeness (QED) is 0.736. The maximum absolute atomic E-state index is 12.2. The summed E-state index contributed by atoms with van der Waals surface area (Å²) in [5.41, 5.74) is 0. The van der Waals surface area contributed by atoms with Crippen molar-refractivity contribution in [3.63, 3.8) is 0 Å². The number of nitrogens with zero attached hydrogens (tertiary/aromatic N) is 1. The molecule has 1 heterocycles. The number of hydrogen-bond donors (Lipinski definition) is 2. The minimum Gasteiger partial charge on any atom is -0.343 e. The molecule has 0 saturated carbocycles. The maximum Gasteiger partial charge on any atom is 0.240 e. The molecule has 1 saturated heterocycles. The van der Waals surface area contributed by atoms with E-state index in [0.717, 1.165) is 39.0 Å². The summed E-state index contributed by atoms with van der Waals surface area (Å²) in [5.74, 6) is 0.651. The highest BCUT2D eigenvalue weighted by atomic mass is 32.2. The van der Waals surface area contributed by atoms with Gasteiger partial charge in [0.1, 0.15) is 0 Å². The van der Waals surface area contributed by atoms with Crippen molar-refractivity contribution in [2.45, 2.75) is 31.1 Å². The number of carbonyl (C=O) groups is 1. The molecule has 0 aliphatic carbocycles. The van der Waals surface area contributed by atoms with Crippen molar-refractivity contribution in [1.29, 1.82) is 0 Å². The molecule has 1 amide bonds. The highest BCUT2D eigenvalue weighted by molar-refractivity contribution is 7.89. The highest BCUT2D eigenvalue weighted by Gasteiger charge is 2.22. The molecule has 24 heavy (non-hydrogen) atoms. The molecule has 6 nitrogen and oxygen atoms in total. The molecule has 1 aliphatic rings. The van der Waals surface area contributed by atoms with Gasteiger partial charge in [-0.2, -0.15) is 0 Å². The number of carbonyl (C=O) groups excluding carboxylic acids is 1. The third-order valence-electron chi connectivity index (χ3n) is 4.33. The smallest absolute Gasteiger partial charge is 0.240 e. The van der Waals surface area contributed by atoms with Crippen molar-refractivity contribution in [2.24, 2.45) is 5.92 Å². The molecule has 7 heteroatoms. The summed E-state index contributed by atoms with van der Waals surface area (Å²) in [6.45, 7) is 5.74. The van der Waals surface area contributed by atoms with Crippen LogP contribution in [0.4, 0.5) is 0 Å². The van der Waals surface area contributed by atoms with Gasteiger partial charge in [0.2, 0.25) is 15.9 Å². The Morgan fingerprint density at radius 3 is 2.50 bits per heavy atom. The van der Waals surface area contributed by atoms with Crippen LogP contribution in [-0.2, 0) is 14.8 Å². The second kappa shape index (κ2) is 9.15. The fraction of sp³-hybridized carbons (Fsp3) is 0.588. The van der Waals surface area contributed by atoms with E-state index < -0.39 is 10.0 Å². The molecule has 0 bridgehead atoms. The Morgan fingerprint density at radius 1 is 1.21 bits per heavy atom. The first-order valence-corrected chi connectivity index (χ1v) is 10.0. The molecule has 0 atom stereocenters. The van der Waals surface area contributed by atoms with Crippen LogP contribution in [0.1, 0.15) is 26.2 Å². The predicted octanol–water partition coefficient (Wildman–Crippen LogP) is 1.20. The lowest BCUT2D eigenvalue weighted by molar-refractivity contribution is -0.132. The van der Waals surface area contributed by atoms with Crippen molar-refractivity contribution in [3.05, 3.63) is 30.3 Å². The Hall–Kier alpha value is -1.44. The number of benzene rings is 1. The van der Waals surface area contributed by atoms with E-state index in [4.69, 9.17) is 0 Å². The van der Waals surface area contributed by atoms with Crippen molar-refractivity contribution in [3.8, 4) is 0 Å². The van der Waals surface area contributed by atoms with E-state index in [0.29, 0.717) is 5.92 Å². The molecule has 0 unspecified atom stereocenters. The topological polar surface area (TPSA) is 78.5 Å². The van der Waals surface area contributed by atoms with E-state index in [2.05, 4.69) is 17.0 Å². The van der Waals surface area contributed by atoms with Gasteiger partial charge >= 0.3 is 0 Å². The van der Waals surface area contributed by atoms with Crippen LogP contribution in [0.2, 0.25) is 0 Å². The summed E-state index contributed by atoms with van der Waals surface area (Å²) in [5, 5.41) is 3.35. The molecule has 0 aromatic heterocycles. The van der Waals surface area contributed by atoms with Gasteiger partial charge < -0.3 is 10.2 Å². The number of amides is 1. The lowest BCUT2D eigenvalue weighted by Gasteiger charge is -2.32. The second-order valence-electron chi connectivity index (χ2n) is 6.09. The van der Waals surface area contributed by atoms with Gasteiger partial charge in [0.05, 0.1) is 4.90 Å². The van der Waals surface area contributed by atoms with E-state index in [9.17, 15) is 13.2 Å². The molecule has 1 aromatic carbocycles. The minimum absolute atomic E-state index is 0.0210. The Kier molecular flexibility index (Phi) is 7.20. The molecule has 0 radical (unpaired) electrons. The summed E-state index contributed by atoms with van der Waals surface area (Å²) < 4.78 is 26.7. The van der Waals surface area contributed by atoms with E-state index in [1.807, 2.05) is 4.90 Å². The van der Waals surface area contributed by atoms with Crippen LogP contribution in [0.25, 0.3) is 0 Å². The fourth-order valence-electron chi connectivity index (χ4n) is 2.87. The molecule has 0 spiro atoms. The third-order valence-corrected chi connectivity index (χ3v) is 5.81. The van der Waals surface area contributed by atoms with Crippen molar-refractivity contribution in [2.75, 3.05) is 32.7 Å². The first-order valence-electron chi connectivity index (χ1n) is 8.56. The average Bonchev–Trinajstić information content (AvgIpc) is 2.61. The van der Waals surface area contributed by atoms with Crippen molar-refractivity contribution < 1.29 is 13.2 Å².